The average molecular weight is 233 g/mol. The van der Waals surface area contributed by atoms with Crippen molar-refractivity contribution < 1.29 is 0 Å². The molecule has 0 spiro atoms. The largest absolute Gasteiger partial charge is 0.339 e. The van der Waals surface area contributed by atoms with Crippen LogP contribution in [0, 0.1) is 11.3 Å². The molecule has 0 saturated carbocycles. The predicted molar refractivity (Wildman–Crippen MR) is 66.7 cm³/mol. The minimum Gasteiger partial charge on any atom is -0.339 e. The predicted octanol–water partition coefficient (Wildman–Crippen LogP) is 1.74. The highest BCUT2D eigenvalue weighted by atomic mass is 15.3. The Morgan fingerprint density at radius 3 is 2.35 bits per heavy atom. The molecule has 1 rings (SSSR count). The Balaban J connectivity index is 2.93. The molecule has 0 fully saturated rings. The Labute approximate surface area is 102 Å². The first-order valence-electron chi connectivity index (χ1n) is 6.11. The molecule has 0 bridgehead atoms. The van der Waals surface area contributed by atoms with Crippen LogP contribution in [0.15, 0.2) is 0 Å². The Morgan fingerprint density at radius 2 is 1.82 bits per heavy atom. The summed E-state index contributed by atoms with van der Waals surface area (Å²) in [6, 6.07) is 2.14. The summed E-state index contributed by atoms with van der Waals surface area (Å²) in [5.74, 6) is 0.636. The number of anilines is 1. The standard InChI is InChI=1S/C12H19N5/c1-4-10-11(5-2)15-16-12(14-10)17(6-3)9-7-8-13/h4-7,9H2,1-3H3. The minimum absolute atomic E-state index is 0.480. The van der Waals surface area contributed by atoms with Crippen molar-refractivity contribution in [2.45, 2.75) is 40.0 Å². The fourth-order valence-electron chi connectivity index (χ4n) is 1.65. The van der Waals surface area contributed by atoms with Crippen molar-refractivity contribution in [1.29, 1.82) is 5.26 Å². The zero-order valence-corrected chi connectivity index (χ0v) is 10.8. The highest BCUT2D eigenvalue weighted by Gasteiger charge is 2.11. The first kappa shape index (κ1) is 13.4. The van der Waals surface area contributed by atoms with E-state index < -0.39 is 0 Å². The van der Waals surface area contributed by atoms with Crippen LogP contribution in [0.5, 0.6) is 0 Å². The molecule has 0 saturated heterocycles. The quantitative estimate of drug-likeness (QED) is 0.748. The molecule has 0 aromatic carbocycles. The molecule has 0 amide bonds. The third kappa shape index (κ3) is 3.38. The molecule has 0 aliphatic heterocycles. The Hall–Kier alpha value is -1.70. The normalized spacial score (nSPS) is 10.0. The van der Waals surface area contributed by atoms with Crippen LogP contribution in [0.25, 0.3) is 0 Å². The van der Waals surface area contributed by atoms with Gasteiger partial charge in [-0.25, -0.2) is 4.98 Å². The van der Waals surface area contributed by atoms with Crippen LogP contribution in [-0.2, 0) is 12.8 Å². The van der Waals surface area contributed by atoms with E-state index >= 15 is 0 Å². The monoisotopic (exact) mass is 233 g/mol. The maximum absolute atomic E-state index is 8.61. The summed E-state index contributed by atoms with van der Waals surface area (Å²) in [6.45, 7) is 7.59. The molecular formula is C12H19N5. The second-order valence-corrected chi connectivity index (χ2v) is 3.70. The Morgan fingerprint density at radius 1 is 1.12 bits per heavy atom. The van der Waals surface area contributed by atoms with Gasteiger partial charge >= 0.3 is 0 Å². The van der Waals surface area contributed by atoms with Gasteiger partial charge in [0.25, 0.3) is 0 Å². The van der Waals surface area contributed by atoms with E-state index in [-0.39, 0.29) is 0 Å². The van der Waals surface area contributed by atoms with E-state index in [4.69, 9.17) is 5.26 Å². The maximum Gasteiger partial charge on any atom is 0.245 e. The van der Waals surface area contributed by atoms with Crippen LogP contribution < -0.4 is 4.90 Å². The third-order valence-electron chi connectivity index (χ3n) is 2.66. The van der Waals surface area contributed by atoms with Crippen LogP contribution in [0.4, 0.5) is 5.95 Å². The lowest BCUT2D eigenvalue weighted by molar-refractivity contribution is 0.739. The third-order valence-corrected chi connectivity index (χ3v) is 2.66. The first-order chi connectivity index (χ1) is 8.26. The van der Waals surface area contributed by atoms with E-state index in [9.17, 15) is 0 Å². The van der Waals surface area contributed by atoms with Crippen molar-refractivity contribution in [2.24, 2.45) is 0 Å². The molecule has 5 nitrogen and oxygen atoms in total. The van der Waals surface area contributed by atoms with Gasteiger partial charge in [-0.1, -0.05) is 13.8 Å². The van der Waals surface area contributed by atoms with Gasteiger partial charge in [0.15, 0.2) is 0 Å². The van der Waals surface area contributed by atoms with Crippen LogP contribution in [-0.4, -0.2) is 28.3 Å². The molecule has 1 aromatic heterocycles. The Bertz CT molecular complexity index is 396. The highest BCUT2D eigenvalue weighted by molar-refractivity contribution is 5.30. The minimum atomic E-state index is 0.480. The summed E-state index contributed by atoms with van der Waals surface area (Å²) < 4.78 is 0. The maximum atomic E-state index is 8.61. The van der Waals surface area contributed by atoms with E-state index in [0.29, 0.717) is 18.9 Å². The molecule has 0 radical (unpaired) electrons. The van der Waals surface area contributed by atoms with Crippen LogP contribution in [0.3, 0.4) is 0 Å². The van der Waals surface area contributed by atoms with Crippen LogP contribution in [0.1, 0.15) is 38.6 Å². The molecule has 0 N–H and O–H groups in total. The average Bonchev–Trinajstić information content (AvgIpc) is 2.39. The van der Waals surface area contributed by atoms with Gasteiger partial charge in [-0.15, -0.1) is 5.10 Å². The van der Waals surface area contributed by atoms with Gasteiger partial charge in [0, 0.05) is 13.1 Å². The molecule has 0 aliphatic rings. The fourth-order valence-corrected chi connectivity index (χ4v) is 1.65. The number of hydrogen-bond donors (Lipinski definition) is 0. The lowest BCUT2D eigenvalue weighted by atomic mass is 10.2. The SMILES string of the molecule is CCc1nnc(N(CC)CCC#N)nc1CC. The zero-order chi connectivity index (χ0) is 12.7. The number of aromatic nitrogens is 3. The first-order valence-corrected chi connectivity index (χ1v) is 6.11. The van der Waals surface area contributed by atoms with Crippen LogP contribution in [0.2, 0.25) is 0 Å². The topological polar surface area (TPSA) is 65.7 Å². The van der Waals surface area contributed by atoms with Crippen molar-refractivity contribution in [2.75, 3.05) is 18.0 Å². The van der Waals surface area contributed by atoms with Gasteiger partial charge in [0.1, 0.15) is 0 Å². The molecule has 5 heteroatoms. The summed E-state index contributed by atoms with van der Waals surface area (Å²) in [5, 5.41) is 17.0. The van der Waals surface area contributed by atoms with Gasteiger partial charge in [-0.3, -0.25) is 0 Å². The second kappa shape index (κ2) is 6.79. The molecule has 17 heavy (non-hydrogen) atoms. The van der Waals surface area contributed by atoms with Gasteiger partial charge in [-0.2, -0.15) is 10.4 Å². The van der Waals surface area contributed by atoms with E-state index in [0.717, 1.165) is 30.8 Å². The number of nitriles is 1. The number of nitrogens with zero attached hydrogens (tertiary/aromatic N) is 5. The number of aryl methyl sites for hydroxylation is 2. The van der Waals surface area contributed by atoms with Gasteiger partial charge in [-0.05, 0) is 19.8 Å². The summed E-state index contributed by atoms with van der Waals surface area (Å²) >= 11 is 0. The van der Waals surface area contributed by atoms with Crippen molar-refractivity contribution in [3.8, 4) is 6.07 Å². The molecule has 0 unspecified atom stereocenters. The Kier molecular flexibility index (Phi) is 5.34. The lowest BCUT2D eigenvalue weighted by Gasteiger charge is -2.19. The summed E-state index contributed by atoms with van der Waals surface area (Å²) in [7, 11) is 0. The van der Waals surface area contributed by atoms with E-state index in [1.807, 2.05) is 11.8 Å². The van der Waals surface area contributed by atoms with Crippen molar-refractivity contribution in [3.63, 3.8) is 0 Å². The summed E-state index contributed by atoms with van der Waals surface area (Å²) in [5.41, 5.74) is 1.97. The van der Waals surface area contributed by atoms with Gasteiger partial charge in [0.2, 0.25) is 5.95 Å². The van der Waals surface area contributed by atoms with Crippen molar-refractivity contribution in [3.05, 3.63) is 11.4 Å². The van der Waals surface area contributed by atoms with Crippen molar-refractivity contribution in [1.82, 2.24) is 15.2 Å². The van der Waals surface area contributed by atoms with Crippen molar-refractivity contribution >= 4 is 5.95 Å². The highest BCUT2D eigenvalue weighted by Crippen LogP contribution is 2.11. The van der Waals surface area contributed by atoms with Gasteiger partial charge in [0.05, 0.1) is 23.9 Å². The fraction of sp³-hybridized carbons (Fsp3) is 0.667. The number of rotatable bonds is 6. The van der Waals surface area contributed by atoms with Crippen LogP contribution >= 0.6 is 0 Å². The molecule has 92 valence electrons. The molecule has 1 aromatic rings. The smallest absolute Gasteiger partial charge is 0.245 e. The molecule has 0 aliphatic carbocycles. The number of hydrogen-bond acceptors (Lipinski definition) is 5. The lowest BCUT2D eigenvalue weighted by Crippen LogP contribution is -2.27. The molecule has 1 heterocycles. The molecule has 0 atom stereocenters. The van der Waals surface area contributed by atoms with Gasteiger partial charge < -0.3 is 4.90 Å². The second-order valence-electron chi connectivity index (χ2n) is 3.70. The van der Waals surface area contributed by atoms with E-state index in [2.05, 4.69) is 35.1 Å². The summed E-state index contributed by atoms with van der Waals surface area (Å²) in [4.78, 5) is 6.51. The zero-order valence-electron chi connectivity index (χ0n) is 10.8. The summed E-state index contributed by atoms with van der Waals surface area (Å²) in [6.07, 6.45) is 2.20. The molecular weight excluding hydrogens is 214 g/mol. The van der Waals surface area contributed by atoms with E-state index in [1.165, 1.54) is 0 Å². The van der Waals surface area contributed by atoms with E-state index in [1.54, 1.807) is 0 Å².